The van der Waals surface area contributed by atoms with Gasteiger partial charge >= 0.3 is 12.4 Å². The molecule has 2 N–H and O–H groups in total. The number of pyridine rings is 1. The summed E-state index contributed by atoms with van der Waals surface area (Å²) in [5.74, 6) is -0.720. The van der Waals surface area contributed by atoms with Gasteiger partial charge in [0, 0.05) is 18.5 Å². The summed E-state index contributed by atoms with van der Waals surface area (Å²) in [5.41, 5.74) is -0.701. The van der Waals surface area contributed by atoms with Gasteiger partial charge in [0.15, 0.2) is 11.5 Å². The first-order valence-electron chi connectivity index (χ1n) is 11.2. The zero-order valence-electron chi connectivity index (χ0n) is 19.7. The summed E-state index contributed by atoms with van der Waals surface area (Å²) in [7, 11) is 0. The number of ether oxygens (including phenoxy) is 1. The maximum absolute atomic E-state index is 12.8. The Morgan fingerprint density at radius 2 is 1.92 bits per heavy atom. The number of aromatic nitrogens is 4. The lowest BCUT2D eigenvalue weighted by atomic mass is 10.1. The number of amides is 1. The summed E-state index contributed by atoms with van der Waals surface area (Å²) in [4.78, 5) is 25.2. The van der Waals surface area contributed by atoms with E-state index in [0.29, 0.717) is 24.8 Å². The third kappa shape index (κ3) is 7.08. The predicted octanol–water partition coefficient (Wildman–Crippen LogP) is 4.45. The highest BCUT2D eigenvalue weighted by atomic mass is 19.4. The Labute approximate surface area is 211 Å². The Balaban J connectivity index is 1.32. The number of hydrogen-bond acceptors (Lipinski definition) is 9. The third-order valence-electron chi connectivity index (χ3n) is 5.51. The van der Waals surface area contributed by atoms with Crippen molar-refractivity contribution in [3.05, 3.63) is 47.7 Å². The van der Waals surface area contributed by atoms with E-state index in [1.54, 1.807) is 0 Å². The SMILES string of the molecule is Cc1noc(Nc2cnc(C(F)(F)F)cn2)c1C(=O)Nc1ccc(OC[C@H]2CCN(CC(F)(F)F)C2)nc1. The second-order valence-corrected chi connectivity index (χ2v) is 8.54. The number of alkyl halides is 6. The number of halogens is 6. The molecule has 0 unspecified atom stereocenters. The van der Waals surface area contributed by atoms with Gasteiger partial charge in [-0.15, -0.1) is 0 Å². The van der Waals surface area contributed by atoms with Crippen LogP contribution in [0.15, 0.2) is 35.2 Å². The highest BCUT2D eigenvalue weighted by molar-refractivity contribution is 6.08. The van der Waals surface area contributed by atoms with E-state index in [1.165, 1.54) is 30.2 Å². The van der Waals surface area contributed by atoms with Crippen molar-refractivity contribution in [2.75, 3.05) is 36.9 Å². The summed E-state index contributed by atoms with van der Waals surface area (Å²) >= 11 is 0. The Morgan fingerprint density at radius 3 is 2.55 bits per heavy atom. The Hall–Kier alpha value is -3.95. The summed E-state index contributed by atoms with van der Waals surface area (Å²) in [6.45, 7) is 1.37. The average molecular weight is 545 g/mol. The fourth-order valence-electron chi connectivity index (χ4n) is 3.76. The van der Waals surface area contributed by atoms with Crippen LogP contribution >= 0.6 is 0 Å². The Kier molecular flexibility index (Phi) is 7.71. The van der Waals surface area contributed by atoms with Gasteiger partial charge in [0.05, 0.1) is 43.1 Å². The van der Waals surface area contributed by atoms with Crippen molar-refractivity contribution in [2.24, 2.45) is 5.92 Å². The van der Waals surface area contributed by atoms with E-state index in [0.717, 1.165) is 6.20 Å². The number of nitrogens with zero attached hydrogens (tertiary/aromatic N) is 5. The molecule has 1 aliphatic heterocycles. The van der Waals surface area contributed by atoms with Gasteiger partial charge in [-0.05, 0) is 26.0 Å². The molecule has 0 aliphatic carbocycles. The normalized spacial score (nSPS) is 16.4. The lowest BCUT2D eigenvalue weighted by Crippen LogP contribution is -2.32. The molecule has 1 atom stereocenters. The highest BCUT2D eigenvalue weighted by Gasteiger charge is 2.35. The maximum atomic E-state index is 12.8. The van der Waals surface area contributed by atoms with Crippen LogP contribution < -0.4 is 15.4 Å². The van der Waals surface area contributed by atoms with Gasteiger partial charge in [-0.25, -0.2) is 15.0 Å². The van der Waals surface area contributed by atoms with E-state index in [4.69, 9.17) is 9.26 Å². The first-order chi connectivity index (χ1) is 17.9. The molecule has 0 saturated carbocycles. The van der Waals surface area contributed by atoms with Crippen LogP contribution in [0.25, 0.3) is 0 Å². The van der Waals surface area contributed by atoms with Crippen molar-refractivity contribution in [3.8, 4) is 5.88 Å². The van der Waals surface area contributed by atoms with E-state index in [9.17, 15) is 31.1 Å². The van der Waals surface area contributed by atoms with Crippen LogP contribution in [0.1, 0.15) is 28.2 Å². The van der Waals surface area contributed by atoms with Gasteiger partial charge in [0.2, 0.25) is 11.8 Å². The number of carbonyl (C=O) groups is 1. The number of aryl methyl sites for hydroxylation is 1. The fraction of sp³-hybridized carbons (Fsp3) is 0.409. The summed E-state index contributed by atoms with van der Waals surface area (Å²) < 4.78 is 86.3. The molecule has 0 radical (unpaired) electrons. The molecule has 10 nitrogen and oxygen atoms in total. The molecular formula is C22H21F6N7O3. The molecule has 204 valence electrons. The number of rotatable bonds is 8. The monoisotopic (exact) mass is 545 g/mol. The molecule has 16 heteroatoms. The molecule has 0 aromatic carbocycles. The van der Waals surface area contributed by atoms with Crippen molar-refractivity contribution < 1.29 is 40.4 Å². The third-order valence-corrected chi connectivity index (χ3v) is 5.51. The van der Waals surface area contributed by atoms with Crippen molar-refractivity contribution in [1.82, 2.24) is 25.0 Å². The summed E-state index contributed by atoms with van der Waals surface area (Å²) in [6.07, 6.45) is -5.61. The van der Waals surface area contributed by atoms with Crippen molar-refractivity contribution in [2.45, 2.75) is 25.7 Å². The standard InChI is InChI=1S/C22H21F6N7O3/c1-12-18(20(38-34-12)33-16-8-29-15(7-30-16)22(26,27)28)19(36)32-14-2-3-17(31-6-14)37-10-13-4-5-35(9-13)11-21(23,24)25/h2-3,6-8,13H,4-5,9-11H2,1H3,(H,30,33)(H,32,36)/t13-/m0/s1. The number of hydrogen-bond donors (Lipinski definition) is 2. The Morgan fingerprint density at radius 1 is 1.13 bits per heavy atom. The molecule has 1 saturated heterocycles. The van der Waals surface area contributed by atoms with Crippen LogP contribution in [0.3, 0.4) is 0 Å². The molecule has 1 amide bonds. The van der Waals surface area contributed by atoms with Crippen molar-refractivity contribution >= 4 is 23.3 Å². The molecule has 1 aliphatic rings. The van der Waals surface area contributed by atoms with Crippen molar-refractivity contribution in [3.63, 3.8) is 0 Å². The van der Waals surface area contributed by atoms with Crippen LogP contribution in [-0.4, -0.2) is 63.3 Å². The average Bonchev–Trinajstić information content (AvgIpc) is 3.43. The molecule has 4 heterocycles. The maximum Gasteiger partial charge on any atom is 0.434 e. The van der Waals surface area contributed by atoms with Gasteiger partial charge in [-0.3, -0.25) is 9.69 Å². The van der Waals surface area contributed by atoms with Gasteiger partial charge < -0.3 is 19.9 Å². The molecule has 3 aromatic rings. The van der Waals surface area contributed by atoms with Crippen LogP contribution in [0, 0.1) is 12.8 Å². The van der Waals surface area contributed by atoms with Gasteiger partial charge in [-0.1, -0.05) is 5.16 Å². The first-order valence-corrected chi connectivity index (χ1v) is 11.2. The topological polar surface area (TPSA) is 118 Å². The zero-order valence-corrected chi connectivity index (χ0v) is 19.7. The van der Waals surface area contributed by atoms with Gasteiger partial charge in [-0.2, -0.15) is 26.3 Å². The Bertz CT molecular complexity index is 1250. The van der Waals surface area contributed by atoms with Crippen LogP contribution in [-0.2, 0) is 6.18 Å². The quantitative estimate of drug-likeness (QED) is 0.396. The smallest absolute Gasteiger partial charge is 0.434 e. The van der Waals surface area contributed by atoms with E-state index >= 15 is 0 Å². The minimum Gasteiger partial charge on any atom is -0.477 e. The van der Waals surface area contributed by atoms with Crippen LogP contribution in [0.5, 0.6) is 5.88 Å². The lowest BCUT2D eigenvalue weighted by Gasteiger charge is -2.17. The number of nitrogens with one attached hydrogen (secondary N) is 2. The zero-order chi connectivity index (χ0) is 27.5. The van der Waals surface area contributed by atoms with Crippen molar-refractivity contribution in [1.29, 1.82) is 0 Å². The first kappa shape index (κ1) is 27.1. The van der Waals surface area contributed by atoms with Gasteiger partial charge in [0.1, 0.15) is 5.56 Å². The minimum atomic E-state index is -4.65. The largest absolute Gasteiger partial charge is 0.477 e. The van der Waals surface area contributed by atoms with E-state index in [1.807, 2.05) is 0 Å². The highest BCUT2D eigenvalue weighted by Crippen LogP contribution is 2.29. The molecule has 0 bridgehead atoms. The molecule has 3 aromatic heterocycles. The van der Waals surface area contributed by atoms with E-state index < -0.39 is 30.5 Å². The van der Waals surface area contributed by atoms with Crippen LogP contribution in [0.2, 0.25) is 0 Å². The minimum absolute atomic E-state index is 0.0170. The molecule has 38 heavy (non-hydrogen) atoms. The number of anilines is 3. The number of likely N-dealkylation sites (tertiary alicyclic amines) is 1. The second-order valence-electron chi connectivity index (χ2n) is 8.54. The number of carbonyl (C=O) groups excluding carboxylic acids is 1. The second kappa shape index (κ2) is 10.8. The van der Waals surface area contributed by atoms with Crippen LogP contribution in [0.4, 0.5) is 43.7 Å². The fourth-order valence-corrected chi connectivity index (χ4v) is 3.76. The predicted molar refractivity (Wildman–Crippen MR) is 120 cm³/mol. The summed E-state index contributed by atoms with van der Waals surface area (Å²) in [6, 6.07) is 3.01. The van der Waals surface area contributed by atoms with Gasteiger partial charge in [0.25, 0.3) is 5.91 Å². The molecular weight excluding hydrogens is 524 g/mol. The van der Waals surface area contributed by atoms with E-state index in [-0.39, 0.29) is 47.9 Å². The molecule has 0 spiro atoms. The molecule has 4 rings (SSSR count). The summed E-state index contributed by atoms with van der Waals surface area (Å²) in [5, 5.41) is 8.88. The molecule has 1 fully saturated rings. The lowest BCUT2D eigenvalue weighted by molar-refractivity contribution is -0.144. The van der Waals surface area contributed by atoms with E-state index in [2.05, 4.69) is 30.7 Å².